The molecule has 0 bridgehead atoms. The summed E-state index contributed by atoms with van der Waals surface area (Å²) in [5.41, 5.74) is 5.14. The Kier molecular flexibility index (Phi) is 5.02. The molecule has 0 aromatic heterocycles. The van der Waals surface area contributed by atoms with Gasteiger partial charge in [0.2, 0.25) is 0 Å². The zero-order chi connectivity index (χ0) is 15.6. The summed E-state index contributed by atoms with van der Waals surface area (Å²) < 4.78 is 13.5. The van der Waals surface area contributed by atoms with Crippen LogP contribution in [0.1, 0.15) is 40.8 Å². The van der Waals surface area contributed by atoms with Crippen molar-refractivity contribution in [1.82, 2.24) is 5.32 Å². The maximum atomic E-state index is 13.5. The van der Waals surface area contributed by atoms with Crippen LogP contribution in [0.4, 0.5) is 4.39 Å². The molecule has 112 valence electrons. The van der Waals surface area contributed by atoms with Gasteiger partial charge in [-0.05, 0) is 73.3 Å². The van der Waals surface area contributed by atoms with Gasteiger partial charge < -0.3 is 5.32 Å². The maximum absolute atomic E-state index is 13.5. The molecule has 21 heavy (non-hydrogen) atoms. The Morgan fingerprint density at radius 2 is 1.71 bits per heavy atom. The lowest BCUT2D eigenvalue weighted by molar-refractivity contribution is 0.606. The van der Waals surface area contributed by atoms with E-state index in [-0.39, 0.29) is 11.9 Å². The summed E-state index contributed by atoms with van der Waals surface area (Å²) in [6, 6.07) is 9.20. The van der Waals surface area contributed by atoms with Gasteiger partial charge in [-0.3, -0.25) is 0 Å². The van der Waals surface area contributed by atoms with E-state index in [2.05, 4.69) is 18.3 Å². The van der Waals surface area contributed by atoms with Crippen molar-refractivity contribution in [2.75, 3.05) is 6.54 Å². The van der Waals surface area contributed by atoms with Crippen LogP contribution in [-0.4, -0.2) is 6.54 Å². The van der Waals surface area contributed by atoms with E-state index >= 15 is 0 Å². The summed E-state index contributed by atoms with van der Waals surface area (Å²) in [7, 11) is 0. The number of benzene rings is 2. The third-order valence-electron chi connectivity index (χ3n) is 3.72. The monoisotopic (exact) mass is 305 g/mol. The van der Waals surface area contributed by atoms with Gasteiger partial charge in [-0.25, -0.2) is 4.39 Å². The van der Waals surface area contributed by atoms with Crippen molar-refractivity contribution in [3.8, 4) is 0 Å². The summed E-state index contributed by atoms with van der Waals surface area (Å²) in [6.45, 7) is 8.77. The fourth-order valence-corrected chi connectivity index (χ4v) is 3.16. The summed E-state index contributed by atoms with van der Waals surface area (Å²) in [5.74, 6) is -0.195. The van der Waals surface area contributed by atoms with Gasteiger partial charge in [0.05, 0.1) is 6.04 Å². The van der Waals surface area contributed by atoms with Gasteiger partial charge in [-0.2, -0.15) is 0 Å². The van der Waals surface area contributed by atoms with Gasteiger partial charge in [0, 0.05) is 5.02 Å². The Morgan fingerprint density at radius 1 is 1.10 bits per heavy atom. The second-order valence-electron chi connectivity index (χ2n) is 5.47. The summed E-state index contributed by atoms with van der Waals surface area (Å²) in [4.78, 5) is 0. The van der Waals surface area contributed by atoms with Gasteiger partial charge in [0.15, 0.2) is 0 Å². The molecule has 0 radical (unpaired) electrons. The first kappa shape index (κ1) is 16.0. The lowest BCUT2D eigenvalue weighted by Gasteiger charge is -2.24. The molecule has 3 heteroatoms. The lowest BCUT2D eigenvalue weighted by atomic mass is 9.90. The maximum Gasteiger partial charge on any atom is 0.123 e. The van der Waals surface area contributed by atoms with Gasteiger partial charge in [0.1, 0.15) is 5.82 Å². The Bertz CT molecular complexity index is 629. The standard InChI is InChI=1S/C18H21ClFN/c1-5-21-18(15-7-6-11(2)8-16(15)19)17-12(3)9-14(20)10-13(17)4/h6-10,18,21H,5H2,1-4H3. The van der Waals surface area contributed by atoms with Crippen LogP contribution in [-0.2, 0) is 0 Å². The van der Waals surface area contributed by atoms with Crippen LogP contribution in [0.25, 0.3) is 0 Å². The van der Waals surface area contributed by atoms with Crippen molar-refractivity contribution in [3.05, 3.63) is 69.0 Å². The number of nitrogens with one attached hydrogen (secondary N) is 1. The average Bonchev–Trinajstić information content (AvgIpc) is 2.37. The highest BCUT2D eigenvalue weighted by Gasteiger charge is 2.20. The minimum atomic E-state index is -0.195. The Morgan fingerprint density at radius 3 is 2.24 bits per heavy atom. The molecule has 2 aromatic rings. The minimum Gasteiger partial charge on any atom is -0.306 e. The summed E-state index contributed by atoms with van der Waals surface area (Å²) in [6.07, 6.45) is 0. The van der Waals surface area contributed by atoms with Gasteiger partial charge in [-0.1, -0.05) is 30.7 Å². The SMILES string of the molecule is CCNC(c1ccc(C)cc1Cl)c1c(C)cc(F)cc1C. The first-order valence-electron chi connectivity index (χ1n) is 7.20. The lowest BCUT2D eigenvalue weighted by Crippen LogP contribution is -2.24. The Labute approximate surface area is 131 Å². The van der Waals surface area contributed by atoms with Crippen LogP contribution in [0.2, 0.25) is 5.02 Å². The zero-order valence-corrected chi connectivity index (χ0v) is 13.7. The minimum absolute atomic E-state index is 0.0244. The highest BCUT2D eigenvalue weighted by molar-refractivity contribution is 6.31. The molecule has 0 spiro atoms. The van der Waals surface area contributed by atoms with Gasteiger partial charge in [-0.15, -0.1) is 0 Å². The van der Waals surface area contributed by atoms with Gasteiger partial charge in [0.25, 0.3) is 0 Å². The Hall–Kier alpha value is -1.38. The van der Waals surface area contributed by atoms with Crippen LogP contribution in [0.5, 0.6) is 0 Å². The largest absolute Gasteiger partial charge is 0.306 e. The molecule has 0 fully saturated rings. The van der Waals surface area contributed by atoms with Crippen LogP contribution in [0.15, 0.2) is 30.3 Å². The van der Waals surface area contributed by atoms with E-state index in [0.29, 0.717) is 0 Å². The number of halogens is 2. The summed E-state index contributed by atoms with van der Waals surface area (Å²) in [5, 5.41) is 4.21. The van der Waals surface area contributed by atoms with Crippen LogP contribution < -0.4 is 5.32 Å². The molecular formula is C18H21ClFN. The molecule has 1 unspecified atom stereocenters. The fourth-order valence-electron chi connectivity index (χ4n) is 2.82. The highest BCUT2D eigenvalue weighted by Crippen LogP contribution is 2.33. The molecule has 2 rings (SSSR count). The van der Waals surface area contributed by atoms with Crippen molar-refractivity contribution in [2.24, 2.45) is 0 Å². The molecule has 1 nitrogen and oxygen atoms in total. The second kappa shape index (κ2) is 6.59. The molecule has 1 N–H and O–H groups in total. The number of rotatable bonds is 4. The number of hydrogen-bond donors (Lipinski definition) is 1. The average molecular weight is 306 g/mol. The van der Waals surface area contributed by atoms with Crippen molar-refractivity contribution in [3.63, 3.8) is 0 Å². The molecule has 0 amide bonds. The third-order valence-corrected chi connectivity index (χ3v) is 4.05. The van der Waals surface area contributed by atoms with E-state index in [9.17, 15) is 4.39 Å². The topological polar surface area (TPSA) is 12.0 Å². The van der Waals surface area contributed by atoms with Crippen LogP contribution >= 0.6 is 11.6 Å². The predicted molar refractivity (Wildman–Crippen MR) is 87.6 cm³/mol. The fraction of sp³-hybridized carbons (Fsp3) is 0.333. The normalized spacial score (nSPS) is 12.5. The summed E-state index contributed by atoms with van der Waals surface area (Å²) >= 11 is 6.43. The Balaban J connectivity index is 2.59. The van der Waals surface area contributed by atoms with E-state index in [4.69, 9.17) is 11.6 Å². The van der Waals surface area contributed by atoms with Crippen molar-refractivity contribution < 1.29 is 4.39 Å². The molecule has 0 heterocycles. The molecule has 2 aromatic carbocycles. The second-order valence-corrected chi connectivity index (χ2v) is 5.88. The van der Waals surface area contributed by atoms with E-state index in [1.54, 1.807) is 12.1 Å². The molecule has 0 aliphatic heterocycles. The van der Waals surface area contributed by atoms with Crippen LogP contribution in [0, 0.1) is 26.6 Å². The molecular weight excluding hydrogens is 285 g/mol. The molecule has 1 atom stereocenters. The van der Waals surface area contributed by atoms with Crippen molar-refractivity contribution >= 4 is 11.6 Å². The molecule has 0 aliphatic rings. The number of aryl methyl sites for hydroxylation is 3. The van der Waals surface area contributed by atoms with E-state index in [1.165, 1.54) is 0 Å². The predicted octanol–water partition coefficient (Wildman–Crippen LogP) is 5.10. The molecule has 0 saturated carbocycles. The van der Waals surface area contributed by atoms with Crippen molar-refractivity contribution in [2.45, 2.75) is 33.7 Å². The van der Waals surface area contributed by atoms with E-state index in [0.717, 1.165) is 39.4 Å². The molecule has 0 saturated heterocycles. The third kappa shape index (κ3) is 3.45. The quantitative estimate of drug-likeness (QED) is 0.828. The van der Waals surface area contributed by atoms with E-state index < -0.39 is 0 Å². The highest BCUT2D eigenvalue weighted by atomic mass is 35.5. The first-order chi connectivity index (χ1) is 9.93. The van der Waals surface area contributed by atoms with Gasteiger partial charge >= 0.3 is 0 Å². The first-order valence-corrected chi connectivity index (χ1v) is 7.58. The van der Waals surface area contributed by atoms with E-state index in [1.807, 2.05) is 32.9 Å². The molecule has 0 aliphatic carbocycles. The smallest absolute Gasteiger partial charge is 0.123 e. The zero-order valence-electron chi connectivity index (χ0n) is 12.9. The van der Waals surface area contributed by atoms with Crippen molar-refractivity contribution in [1.29, 1.82) is 0 Å². The number of hydrogen-bond acceptors (Lipinski definition) is 1. The van der Waals surface area contributed by atoms with Crippen LogP contribution in [0.3, 0.4) is 0 Å².